The third-order valence-electron chi connectivity index (χ3n) is 6.19. The molecule has 3 heteroatoms. The first-order valence-electron chi connectivity index (χ1n) is 9.60. The lowest BCUT2D eigenvalue weighted by Gasteiger charge is -2.51. The standard InChI is InChI=1S/C24H24O2Si/c1-4-27(5-2)22-14-17(25)10-12-20(22)24(19-9-7-6-8-16(19)3)21-13-11-18(26)15-23(21)27/h6-15,25H,4-5H2,1-3H3/q-1. The third kappa shape index (κ3) is 2.57. The number of phenols is 1. The van der Waals surface area contributed by atoms with Crippen molar-refractivity contribution in [1.82, 2.24) is 0 Å². The van der Waals surface area contributed by atoms with Gasteiger partial charge in [-0.15, -0.1) is 0 Å². The van der Waals surface area contributed by atoms with Crippen LogP contribution in [0.3, 0.4) is 0 Å². The molecule has 1 aliphatic carbocycles. The van der Waals surface area contributed by atoms with Gasteiger partial charge in [-0.3, -0.25) is 4.79 Å². The summed E-state index contributed by atoms with van der Waals surface area (Å²) in [6, 6.07) is 16.2. The fourth-order valence-corrected chi connectivity index (χ4v) is 9.33. The van der Waals surface area contributed by atoms with Crippen LogP contribution in [0.25, 0.3) is 5.57 Å². The highest BCUT2D eigenvalue weighted by Gasteiger charge is 2.34. The number of hydrogen-bond acceptors (Lipinski definition) is 2. The zero-order chi connectivity index (χ0) is 19.2. The zero-order valence-corrected chi connectivity index (χ0v) is 17.0. The molecule has 1 N–H and O–H groups in total. The lowest BCUT2D eigenvalue weighted by Crippen LogP contribution is -2.53. The second kappa shape index (κ2) is 6.50. The van der Waals surface area contributed by atoms with Crippen molar-refractivity contribution in [1.29, 1.82) is 0 Å². The van der Waals surface area contributed by atoms with E-state index in [2.05, 4.69) is 51.1 Å². The van der Waals surface area contributed by atoms with Crippen molar-refractivity contribution in [3.63, 3.8) is 0 Å². The van der Waals surface area contributed by atoms with Crippen LogP contribution in [0.15, 0.2) is 71.5 Å². The van der Waals surface area contributed by atoms with Gasteiger partial charge in [-0.25, -0.2) is 0 Å². The summed E-state index contributed by atoms with van der Waals surface area (Å²) in [6.45, 7) is 6.58. The van der Waals surface area contributed by atoms with Crippen molar-refractivity contribution in [3.05, 3.63) is 88.2 Å². The number of rotatable bonds is 3. The summed E-state index contributed by atoms with van der Waals surface area (Å²) < 4.78 is 0. The Labute approximate surface area is 161 Å². The smallest absolute Gasteiger partial charge is 0.175 e. The molecule has 2 aromatic rings. The number of aryl methyl sites for hydroxylation is 1. The summed E-state index contributed by atoms with van der Waals surface area (Å²) in [5.41, 5.74) is 5.99. The van der Waals surface area contributed by atoms with Crippen LogP contribution in [0.2, 0.25) is 12.1 Å². The van der Waals surface area contributed by atoms with Crippen molar-refractivity contribution in [2.24, 2.45) is 0 Å². The van der Waals surface area contributed by atoms with E-state index in [-0.39, 0.29) is 5.78 Å². The van der Waals surface area contributed by atoms with Gasteiger partial charge in [0.15, 0.2) is 5.78 Å². The molecular weight excluding hydrogens is 348 g/mol. The minimum absolute atomic E-state index is 0.0697. The Morgan fingerprint density at radius 3 is 2.41 bits per heavy atom. The summed E-state index contributed by atoms with van der Waals surface area (Å²) >= 11 is 0. The van der Waals surface area contributed by atoms with E-state index in [0.29, 0.717) is 5.75 Å². The Bertz CT molecular complexity index is 1040. The lowest BCUT2D eigenvalue weighted by molar-refractivity contribution is -0.110. The highest BCUT2D eigenvalue weighted by molar-refractivity contribution is 6.99. The average Bonchev–Trinajstić information content (AvgIpc) is 2.67. The topological polar surface area (TPSA) is 37.3 Å². The van der Waals surface area contributed by atoms with E-state index in [1.807, 2.05) is 18.2 Å². The molecule has 2 aliphatic rings. The van der Waals surface area contributed by atoms with Crippen molar-refractivity contribution in [2.45, 2.75) is 32.9 Å². The molecule has 0 bridgehead atoms. The average molecular weight is 373 g/mol. The molecule has 0 aromatic heterocycles. The fourth-order valence-electron chi connectivity index (χ4n) is 4.73. The van der Waals surface area contributed by atoms with Gasteiger partial charge in [0.2, 0.25) is 0 Å². The number of phenolic OH excluding ortho intramolecular Hbond substituents is 1. The molecule has 0 fully saturated rings. The molecule has 0 spiro atoms. The Morgan fingerprint density at radius 1 is 0.963 bits per heavy atom. The number of aromatic hydroxyl groups is 1. The first-order chi connectivity index (χ1) is 13.0. The quantitative estimate of drug-likeness (QED) is 0.785. The summed E-state index contributed by atoms with van der Waals surface area (Å²) in [5.74, 6) is 0.374. The monoisotopic (exact) mass is 372 g/mol. The number of hydrogen-bond donors (Lipinski definition) is 1. The Hall–Kier alpha value is -2.65. The first-order valence-corrected chi connectivity index (χ1v) is 12.0. The van der Waals surface area contributed by atoms with Crippen molar-refractivity contribution < 1.29 is 9.90 Å². The number of ketones is 1. The molecule has 2 aromatic carbocycles. The van der Waals surface area contributed by atoms with Gasteiger partial charge in [0.25, 0.3) is 0 Å². The molecule has 0 saturated heterocycles. The highest BCUT2D eigenvalue weighted by Crippen LogP contribution is 2.44. The van der Waals surface area contributed by atoms with Gasteiger partial charge in [0.1, 0.15) is 5.75 Å². The van der Waals surface area contributed by atoms with Crippen molar-refractivity contribution in [3.8, 4) is 5.75 Å². The predicted octanol–water partition coefficient (Wildman–Crippen LogP) is 4.82. The highest BCUT2D eigenvalue weighted by atomic mass is 28.3. The second-order valence-electron chi connectivity index (χ2n) is 7.42. The fraction of sp³-hybridized carbons (Fsp3) is 0.208. The lowest BCUT2D eigenvalue weighted by atomic mass is 9.88. The van der Waals surface area contributed by atoms with Gasteiger partial charge in [0.05, 0.1) is 0 Å². The molecule has 4 rings (SSSR count). The van der Waals surface area contributed by atoms with Gasteiger partial charge in [-0.2, -0.15) is 22.5 Å². The van der Waals surface area contributed by atoms with E-state index in [0.717, 1.165) is 12.1 Å². The maximum absolute atomic E-state index is 12.3. The minimum atomic E-state index is -2.11. The molecule has 1 aliphatic heterocycles. The van der Waals surface area contributed by atoms with E-state index in [1.165, 1.54) is 38.2 Å². The molecule has 0 amide bonds. The largest absolute Gasteiger partial charge is 0.508 e. The van der Waals surface area contributed by atoms with Crippen LogP contribution >= 0.6 is 0 Å². The number of fused-ring (bicyclic) bond motifs is 2. The number of allylic oxidation sites excluding steroid dienone is 5. The van der Waals surface area contributed by atoms with Gasteiger partial charge in [-0.05, 0) is 53.0 Å². The van der Waals surface area contributed by atoms with E-state index in [1.54, 1.807) is 12.1 Å². The van der Waals surface area contributed by atoms with Crippen LogP contribution < -0.4 is 5.19 Å². The molecule has 137 valence electrons. The van der Waals surface area contributed by atoms with Crippen LogP contribution in [0, 0.1) is 6.92 Å². The molecule has 0 unspecified atom stereocenters. The van der Waals surface area contributed by atoms with Crippen LogP contribution in [-0.4, -0.2) is 19.0 Å². The van der Waals surface area contributed by atoms with Crippen LogP contribution in [0.1, 0.15) is 30.5 Å². The molecule has 0 saturated carbocycles. The van der Waals surface area contributed by atoms with Crippen molar-refractivity contribution >= 4 is 24.6 Å². The van der Waals surface area contributed by atoms with Gasteiger partial charge in [-0.1, -0.05) is 64.4 Å². The minimum Gasteiger partial charge on any atom is -0.508 e. The number of carbonyl (C=O) groups is 1. The van der Waals surface area contributed by atoms with Gasteiger partial charge < -0.3 is 5.11 Å². The summed E-state index contributed by atoms with van der Waals surface area (Å²) in [4.78, 5) is 12.3. The van der Waals surface area contributed by atoms with Crippen LogP contribution in [-0.2, 0) is 4.79 Å². The van der Waals surface area contributed by atoms with Crippen LogP contribution in [0.4, 0.5) is 0 Å². The first kappa shape index (κ1) is 17.7. The van der Waals surface area contributed by atoms with E-state index in [4.69, 9.17) is 0 Å². The summed E-state index contributed by atoms with van der Waals surface area (Å²) in [6.07, 6.45) is 5.56. The molecular formula is C24H24O2Si-. The Balaban J connectivity index is 2.16. The zero-order valence-electron chi connectivity index (χ0n) is 16.0. The maximum atomic E-state index is 12.3. The van der Waals surface area contributed by atoms with E-state index >= 15 is 0 Å². The maximum Gasteiger partial charge on any atom is 0.175 e. The van der Waals surface area contributed by atoms with Gasteiger partial charge >= 0.3 is 0 Å². The summed E-state index contributed by atoms with van der Waals surface area (Å²) in [7, 11) is -2.11. The van der Waals surface area contributed by atoms with Crippen molar-refractivity contribution in [2.75, 3.05) is 0 Å². The molecule has 0 atom stereocenters. The van der Waals surface area contributed by atoms with E-state index in [9.17, 15) is 9.90 Å². The second-order valence-corrected chi connectivity index (χ2v) is 12.1. The normalized spacial score (nSPS) is 17.4. The molecule has 0 radical (unpaired) electrons. The Kier molecular flexibility index (Phi) is 4.27. The summed E-state index contributed by atoms with van der Waals surface area (Å²) in [5, 5.41) is 12.7. The molecule has 1 heterocycles. The Morgan fingerprint density at radius 2 is 1.70 bits per heavy atom. The molecule has 2 nitrogen and oxygen atoms in total. The van der Waals surface area contributed by atoms with Crippen LogP contribution in [0.5, 0.6) is 5.75 Å². The van der Waals surface area contributed by atoms with E-state index < -0.39 is 8.07 Å². The third-order valence-corrected chi connectivity index (χ3v) is 11.5. The number of benzene rings is 2. The molecule has 27 heavy (non-hydrogen) atoms. The number of carbonyl (C=O) groups excluding carboxylic acids is 1. The van der Waals surface area contributed by atoms with Gasteiger partial charge in [0, 0.05) is 0 Å². The predicted molar refractivity (Wildman–Crippen MR) is 114 cm³/mol. The SMILES string of the molecule is CC[Si-]1(CC)C2=CC(=O)C=CC2=C(c2ccccc2C)c2ccc(O)cc21.